The molecule has 24 heavy (non-hydrogen) atoms. The summed E-state index contributed by atoms with van der Waals surface area (Å²) in [4.78, 5) is 35.7. The van der Waals surface area contributed by atoms with Crippen LogP contribution in [0.4, 0.5) is 5.69 Å². The number of rotatable bonds is 8. The Morgan fingerprint density at radius 1 is 1.21 bits per heavy atom. The van der Waals surface area contributed by atoms with E-state index in [2.05, 4.69) is 10.6 Å². The highest BCUT2D eigenvalue weighted by Gasteiger charge is 2.26. The molecule has 0 saturated heterocycles. The lowest BCUT2D eigenvalue weighted by Crippen LogP contribution is -2.46. The van der Waals surface area contributed by atoms with Gasteiger partial charge in [0.05, 0.1) is 12.9 Å². The van der Waals surface area contributed by atoms with E-state index in [1.54, 1.807) is 12.1 Å². The molecule has 0 aliphatic carbocycles. The van der Waals surface area contributed by atoms with Gasteiger partial charge in [-0.1, -0.05) is 20.3 Å². The van der Waals surface area contributed by atoms with Gasteiger partial charge in [0.1, 0.15) is 6.04 Å². The minimum atomic E-state index is -0.629. The van der Waals surface area contributed by atoms with Crippen molar-refractivity contribution in [1.29, 1.82) is 0 Å². The van der Waals surface area contributed by atoms with Crippen molar-refractivity contribution in [2.75, 3.05) is 18.2 Å². The third-order valence-corrected chi connectivity index (χ3v) is 4.54. The zero-order valence-corrected chi connectivity index (χ0v) is 15.2. The Balaban J connectivity index is 2.55. The molecule has 0 heterocycles. The second-order valence-corrected chi connectivity index (χ2v) is 6.50. The summed E-state index contributed by atoms with van der Waals surface area (Å²) in [6.07, 6.45) is 0.762. The molecular weight excluding hydrogens is 328 g/mol. The summed E-state index contributed by atoms with van der Waals surface area (Å²) < 4.78 is 4.75. The quantitative estimate of drug-likeness (QED) is 0.554. The van der Waals surface area contributed by atoms with Crippen LogP contribution in [0.5, 0.6) is 0 Å². The molecule has 0 bridgehead atoms. The van der Waals surface area contributed by atoms with Gasteiger partial charge >= 0.3 is 5.97 Å². The van der Waals surface area contributed by atoms with Crippen molar-refractivity contribution in [2.45, 2.75) is 38.1 Å². The predicted octanol–water partition coefficient (Wildman–Crippen LogP) is 2.44. The Hall–Kier alpha value is -2.02. The number of amides is 2. The Labute approximate surface area is 146 Å². The van der Waals surface area contributed by atoms with Gasteiger partial charge in [-0.25, -0.2) is 4.79 Å². The number of nitrogens with one attached hydrogen (secondary N) is 2. The number of hydrogen-bond acceptors (Lipinski definition) is 5. The largest absolute Gasteiger partial charge is 0.467 e. The highest BCUT2D eigenvalue weighted by Crippen LogP contribution is 2.20. The number of benzene rings is 1. The standard InChI is InChI=1S/C17H24N2O4S/c1-5-11(2)16(17(22)23-4)19-15(21)10-24-14-8-6-13(7-9-14)18-12(3)20/h6-9,11,16H,5,10H2,1-4H3,(H,18,20)(H,19,21). The summed E-state index contributed by atoms with van der Waals surface area (Å²) in [5, 5.41) is 5.42. The fraction of sp³-hybridized carbons (Fsp3) is 0.471. The Bertz CT molecular complexity index is 574. The molecule has 6 nitrogen and oxygen atoms in total. The summed E-state index contributed by atoms with van der Waals surface area (Å²) in [5.74, 6) is -0.579. The van der Waals surface area contributed by atoms with E-state index in [0.717, 1.165) is 11.3 Å². The van der Waals surface area contributed by atoms with Crippen LogP contribution in [0, 0.1) is 5.92 Å². The van der Waals surface area contributed by atoms with E-state index in [1.807, 2.05) is 26.0 Å². The maximum Gasteiger partial charge on any atom is 0.328 e. The van der Waals surface area contributed by atoms with E-state index < -0.39 is 12.0 Å². The summed E-state index contributed by atoms with van der Waals surface area (Å²) >= 11 is 1.36. The molecule has 1 aromatic rings. The molecule has 0 aromatic heterocycles. The van der Waals surface area contributed by atoms with Gasteiger partial charge in [0.2, 0.25) is 11.8 Å². The fourth-order valence-corrected chi connectivity index (χ4v) is 2.71. The lowest BCUT2D eigenvalue weighted by atomic mass is 9.99. The van der Waals surface area contributed by atoms with E-state index in [4.69, 9.17) is 4.74 Å². The van der Waals surface area contributed by atoms with Crippen LogP contribution in [0.2, 0.25) is 0 Å². The first-order valence-electron chi connectivity index (χ1n) is 7.75. The third kappa shape index (κ3) is 6.62. The summed E-state index contributed by atoms with van der Waals surface area (Å²) in [7, 11) is 1.31. The van der Waals surface area contributed by atoms with Crippen molar-refractivity contribution in [3.05, 3.63) is 24.3 Å². The Kier molecular flexibility index (Phi) is 8.32. The number of methoxy groups -OCH3 is 1. The van der Waals surface area contributed by atoms with Crippen LogP contribution in [0.3, 0.4) is 0 Å². The van der Waals surface area contributed by atoms with Crippen LogP contribution in [-0.4, -0.2) is 36.7 Å². The average Bonchev–Trinajstić information content (AvgIpc) is 2.57. The number of carbonyl (C=O) groups excluding carboxylic acids is 3. The molecule has 0 saturated carbocycles. The van der Waals surface area contributed by atoms with E-state index in [0.29, 0.717) is 5.69 Å². The predicted molar refractivity (Wildman–Crippen MR) is 94.9 cm³/mol. The number of hydrogen-bond donors (Lipinski definition) is 2. The molecule has 2 unspecified atom stereocenters. The van der Waals surface area contributed by atoms with Crippen LogP contribution in [0.25, 0.3) is 0 Å². The molecule has 2 amide bonds. The van der Waals surface area contributed by atoms with Crippen LogP contribution in [0.15, 0.2) is 29.2 Å². The third-order valence-electron chi connectivity index (χ3n) is 3.53. The van der Waals surface area contributed by atoms with Gasteiger partial charge in [0, 0.05) is 17.5 Å². The van der Waals surface area contributed by atoms with Crippen LogP contribution < -0.4 is 10.6 Å². The van der Waals surface area contributed by atoms with Crippen molar-refractivity contribution >= 4 is 35.2 Å². The molecule has 0 aliphatic heterocycles. The molecule has 0 fully saturated rings. The minimum absolute atomic E-state index is 0.00309. The van der Waals surface area contributed by atoms with Gasteiger partial charge in [-0.2, -0.15) is 0 Å². The molecule has 0 radical (unpaired) electrons. The number of carbonyl (C=O) groups is 3. The minimum Gasteiger partial charge on any atom is -0.467 e. The van der Waals surface area contributed by atoms with Gasteiger partial charge in [0.15, 0.2) is 0 Å². The maximum atomic E-state index is 12.1. The molecular formula is C17H24N2O4S. The van der Waals surface area contributed by atoms with E-state index in [-0.39, 0.29) is 23.5 Å². The Morgan fingerprint density at radius 3 is 2.33 bits per heavy atom. The molecule has 2 N–H and O–H groups in total. The monoisotopic (exact) mass is 352 g/mol. The first kappa shape index (κ1) is 20.0. The molecule has 132 valence electrons. The molecule has 1 aromatic carbocycles. The van der Waals surface area contributed by atoms with Crippen LogP contribution in [-0.2, 0) is 19.1 Å². The molecule has 7 heteroatoms. The number of esters is 1. The van der Waals surface area contributed by atoms with Gasteiger partial charge in [-0.3, -0.25) is 9.59 Å². The van der Waals surface area contributed by atoms with Gasteiger partial charge < -0.3 is 15.4 Å². The number of ether oxygens (including phenoxy) is 1. The van der Waals surface area contributed by atoms with Gasteiger partial charge in [-0.15, -0.1) is 11.8 Å². The highest BCUT2D eigenvalue weighted by molar-refractivity contribution is 8.00. The second kappa shape index (κ2) is 9.97. The average molecular weight is 352 g/mol. The van der Waals surface area contributed by atoms with Crippen molar-refractivity contribution in [3.8, 4) is 0 Å². The number of thioether (sulfide) groups is 1. The van der Waals surface area contributed by atoms with E-state index >= 15 is 0 Å². The molecule has 0 spiro atoms. The molecule has 0 aliphatic rings. The smallest absolute Gasteiger partial charge is 0.328 e. The SMILES string of the molecule is CCC(C)C(NC(=O)CSc1ccc(NC(C)=O)cc1)C(=O)OC. The van der Waals surface area contributed by atoms with Gasteiger partial charge in [0.25, 0.3) is 0 Å². The van der Waals surface area contributed by atoms with Gasteiger partial charge in [-0.05, 0) is 30.2 Å². The van der Waals surface area contributed by atoms with Crippen molar-refractivity contribution in [3.63, 3.8) is 0 Å². The Morgan fingerprint density at radius 2 is 1.83 bits per heavy atom. The number of anilines is 1. The lowest BCUT2D eigenvalue weighted by molar-refractivity contribution is -0.146. The molecule has 2 atom stereocenters. The molecule has 1 rings (SSSR count). The van der Waals surface area contributed by atoms with E-state index in [1.165, 1.54) is 25.8 Å². The summed E-state index contributed by atoms with van der Waals surface area (Å²) in [5.41, 5.74) is 0.707. The summed E-state index contributed by atoms with van der Waals surface area (Å²) in [6, 6.07) is 6.58. The van der Waals surface area contributed by atoms with Crippen molar-refractivity contribution < 1.29 is 19.1 Å². The zero-order chi connectivity index (χ0) is 18.1. The van der Waals surface area contributed by atoms with Crippen molar-refractivity contribution in [2.24, 2.45) is 5.92 Å². The highest BCUT2D eigenvalue weighted by atomic mass is 32.2. The van der Waals surface area contributed by atoms with E-state index in [9.17, 15) is 14.4 Å². The van der Waals surface area contributed by atoms with Crippen molar-refractivity contribution in [1.82, 2.24) is 5.32 Å². The summed E-state index contributed by atoms with van der Waals surface area (Å²) in [6.45, 7) is 5.30. The topological polar surface area (TPSA) is 84.5 Å². The second-order valence-electron chi connectivity index (χ2n) is 5.45. The van der Waals surface area contributed by atoms with Crippen LogP contribution >= 0.6 is 11.8 Å². The normalized spacial score (nSPS) is 12.8. The first-order chi connectivity index (χ1) is 11.4. The zero-order valence-electron chi connectivity index (χ0n) is 14.4. The first-order valence-corrected chi connectivity index (χ1v) is 8.73. The maximum absolute atomic E-state index is 12.1. The lowest BCUT2D eigenvalue weighted by Gasteiger charge is -2.21. The van der Waals surface area contributed by atoms with Crippen LogP contribution in [0.1, 0.15) is 27.2 Å². The fourth-order valence-electron chi connectivity index (χ4n) is 2.00.